The second kappa shape index (κ2) is 6.62. The number of halogens is 1. The molecule has 0 aliphatic heterocycles. The van der Waals surface area contributed by atoms with Gasteiger partial charge in [-0.1, -0.05) is 24.6 Å². The molecular formula is C13H18ClNO2. The van der Waals surface area contributed by atoms with Gasteiger partial charge in [0, 0.05) is 11.6 Å². The summed E-state index contributed by atoms with van der Waals surface area (Å²) >= 11 is 5.89. The lowest BCUT2D eigenvalue weighted by molar-refractivity contribution is -0.138. The van der Waals surface area contributed by atoms with Crippen LogP contribution in [-0.4, -0.2) is 29.1 Å². The van der Waals surface area contributed by atoms with Gasteiger partial charge in [-0.25, -0.2) is 0 Å². The van der Waals surface area contributed by atoms with Crippen molar-refractivity contribution in [3.8, 4) is 0 Å². The predicted octanol–water partition coefficient (Wildman–Crippen LogP) is 2.95. The Hall–Kier alpha value is -1.06. The highest BCUT2D eigenvalue weighted by molar-refractivity contribution is 6.30. The molecule has 0 saturated heterocycles. The Morgan fingerprint density at radius 2 is 2.18 bits per heavy atom. The molecule has 0 aliphatic rings. The van der Waals surface area contributed by atoms with Crippen LogP contribution in [0.15, 0.2) is 18.2 Å². The van der Waals surface area contributed by atoms with Gasteiger partial charge in [-0.3, -0.25) is 9.69 Å². The Balaban J connectivity index is 2.74. The normalized spacial score (nSPS) is 10.8. The maximum Gasteiger partial charge on any atom is 0.317 e. The summed E-state index contributed by atoms with van der Waals surface area (Å²) in [6.07, 6.45) is 0.944. The molecule has 0 bridgehead atoms. The van der Waals surface area contributed by atoms with Crippen molar-refractivity contribution in [2.75, 3.05) is 13.1 Å². The van der Waals surface area contributed by atoms with Crippen LogP contribution in [0.5, 0.6) is 0 Å². The molecule has 0 saturated carbocycles. The monoisotopic (exact) mass is 255 g/mol. The first-order valence-electron chi connectivity index (χ1n) is 5.72. The second-order valence-corrected chi connectivity index (χ2v) is 4.61. The predicted molar refractivity (Wildman–Crippen MR) is 69.4 cm³/mol. The van der Waals surface area contributed by atoms with Gasteiger partial charge in [-0.2, -0.15) is 0 Å². The number of hydrogen-bond acceptors (Lipinski definition) is 2. The fourth-order valence-corrected chi connectivity index (χ4v) is 2.03. The van der Waals surface area contributed by atoms with Gasteiger partial charge in [0.2, 0.25) is 0 Å². The van der Waals surface area contributed by atoms with Crippen molar-refractivity contribution in [2.45, 2.75) is 26.8 Å². The first-order chi connectivity index (χ1) is 8.02. The number of rotatable bonds is 6. The Labute approximate surface area is 107 Å². The number of benzene rings is 1. The zero-order chi connectivity index (χ0) is 12.8. The minimum Gasteiger partial charge on any atom is -0.480 e. The molecule has 0 atom stereocenters. The summed E-state index contributed by atoms with van der Waals surface area (Å²) in [5, 5.41) is 9.55. The largest absolute Gasteiger partial charge is 0.480 e. The van der Waals surface area contributed by atoms with Crippen molar-refractivity contribution >= 4 is 17.6 Å². The Morgan fingerprint density at radius 3 is 2.71 bits per heavy atom. The highest BCUT2D eigenvalue weighted by atomic mass is 35.5. The third kappa shape index (κ3) is 4.75. The lowest BCUT2D eigenvalue weighted by Gasteiger charge is -2.20. The van der Waals surface area contributed by atoms with Crippen LogP contribution >= 0.6 is 11.6 Å². The Kier molecular flexibility index (Phi) is 5.45. The van der Waals surface area contributed by atoms with E-state index in [1.54, 1.807) is 0 Å². The number of aliphatic carboxylic acids is 1. The summed E-state index contributed by atoms with van der Waals surface area (Å²) in [6, 6.07) is 5.71. The second-order valence-electron chi connectivity index (χ2n) is 4.18. The first kappa shape index (κ1) is 14.0. The lowest BCUT2D eigenvalue weighted by Crippen LogP contribution is -2.30. The molecule has 0 aromatic heterocycles. The van der Waals surface area contributed by atoms with Crippen LogP contribution in [0.25, 0.3) is 0 Å². The molecule has 4 heteroatoms. The van der Waals surface area contributed by atoms with Gasteiger partial charge in [0.25, 0.3) is 0 Å². The van der Waals surface area contributed by atoms with E-state index in [1.807, 2.05) is 36.9 Å². The summed E-state index contributed by atoms with van der Waals surface area (Å²) in [5.74, 6) is -0.787. The summed E-state index contributed by atoms with van der Waals surface area (Å²) < 4.78 is 0. The average molecular weight is 256 g/mol. The molecule has 0 spiro atoms. The summed E-state index contributed by atoms with van der Waals surface area (Å²) in [7, 11) is 0. The quantitative estimate of drug-likeness (QED) is 0.850. The molecule has 0 amide bonds. The van der Waals surface area contributed by atoms with E-state index in [0.717, 1.165) is 24.1 Å². The van der Waals surface area contributed by atoms with Crippen LogP contribution in [-0.2, 0) is 11.3 Å². The molecule has 1 rings (SSSR count). The van der Waals surface area contributed by atoms with Crippen molar-refractivity contribution < 1.29 is 9.90 Å². The van der Waals surface area contributed by atoms with E-state index in [4.69, 9.17) is 16.7 Å². The molecule has 1 N–H and O–H groups in total. The minimum absolute atomic E-state index is 0.0793. The van der Waals surface area contributed by atoms with Gasteiger partial charge < -0.3 is 5.11 Å². The van der Waals surface area contributed by atoms with Crippen molar-refractivity contribution in [1.82, 2.24) is 4.90 Å². The minimum atomic E-state index is -0.787. The standard InChI is InChI=1S/C13H18ClNO2/c1-3-6-15(9-13(16)17)8-11-4-5-12(14)7-10(11)2/h4-5,7H,3,6,8-9H2,1-2H3,(H,16,17). The third-order valence-corrected chi connectivity index (χ3v) is 2.83. The third-order valence-electron chi connectivity index (χ3n) is 2.60. The zero-order valence-electron chi connectivity index (χ0n) is 10.2. The number of carbonyl (C=O) groups is 1. The SMILES string of the molecule is CCCN(CC(=O)O)Cc1ccc(Cl)cc1C. The van der Waals surface area contributed by atoms with Crippen LogP contribution < -0.4 is 0 Å². The van der Waals surface area contributed by atoms with E-state index >= 15 is 0 Å². The molecule has 1 aromatic rings. The Morgan fingerprint density at radius 1 is 1.47 bits per heavy atom. The number of nitrogens with zero attached hydrogens (tertiary/aromatic N) is 1. The number of carboxylic acids is 1. The summed E-state index contributed by atoms with van der Waals surface area (Å²) in [4.78, 5) is 12.7. The van der Waals surface area contributed by atoms with Gasteiger partial charge in [0.15, 0.2) is 0 Å². The molecule has 0 aliphatic carbocycles. The van der Waals surface area contributed by atoms with Gasteiger partial charge in [0.05, 0.1) is 6.54 Å². The molecule has 0 radical (unpaired) electrons. The molecular weight excluding hydrogens is 238 g/mol. The number of hydrogen-bond donors (Lipinski definition) is 1. The molecule has 94 valence electrons. The molecule has 0 fully saturated rings. The average Bonchev–Trinajstić information content (AvgIpc) is 2.21. The lowest BCUT2D eigenvalue weighted by atomic mass is 10.1. The van der Waals surface area contributed by atoms with Gasteiger partial charge in [-0.15, -0.1) is 0 Å². The van der Waals surface area contributed by atoms with Crippen LogP contribution in [0.2, 0.25) is 5.02 Å². The summed E-state index contributed by atoms with van der Waals surface area (Å²) in [6.45, 7) is 5.56. The van der Waals surface area contributed by atoms with Gasteiger partial charge >= 0.3 is 5.97 Å². The Bertz CT molecular complexity index is 393. The van der Waals surface area contributed by atoms with Gasteiger partial charge in [0.1, 0.15) is 0 Å². The highest BCUT2D eigenvalue weighted by Crippen LogP contribution is 2.16. The first-order valence-corrected chi connectivity index (χ1v) is 6.10. The fraction of sp³-hybridized carbons (Fsp3) is 0.462. The maximum absolute atomic E-state index is 10.8. The number of aryl methyl sites for hydroxylation is 1. The molecule has 3 nitrogen and oxygen atoms in total. The van der Waals surface area contributed by atoms with Crippen LogP contribution in [0, 0.1) is 6.92 Å². The maximum atomic E-state index is 10.8. The van der Waals surface area contributed by atoms with E-state index in [0.29, 0.717) is 11.6 Å². The highest BCUT2D eigenvalue weighted by Gasteiger charge is 2.10. The van der Waals surface area contributed by atoms with Crippen molar-refractivity contribution in [1.29, 1.82) is 0 Å². The smallest absolute Gasteiger partial charge is 0.317 e. The zero-order valence-corrected chi connectivity index (χ0v) is 11.0. The number of carboxylic acid groups (broad SMARTS) is 1. The van der Waals surface area contributed by atoms with E-state index in [-0.39, 0.29) is 6.54 Å². The van der Waals surface area contributed by atoms with Crippen molar-refractivity contribution in [2.24, 2.45) is 0 Å². The van der Waals surface area contributed by atoms with E-state index in [9.17, 15) is 4.79 Å². The summed E-state index contributed by atoms with van der Waals surface area (Å²) in [5.41, 5.74) is 2.23. The van der Waals surface area contributed by atoms with E-state index < -0.39 is 5.97 Å². The molecule has 0 heterocycles. The molecule has 17 heavy (non-hydrogen) atoms. The molecule has 0 unspecified atom stereocenters. The van der Waals surface area contributed by atoms with Gasteiger partial charge in [-0.05, 0) is 43.1 Å². The van der Waals surface area contributed by atoms with Crippen LogP contribution in [0.1, 0.15) is 24.5 Å². The van der Waals surface area contributed by atoms with Crippen molar-refractivity contribution in [3.63, 3.8) is 0 Å². The fourth-order valence-electron chi connectivity index (χ4n) is 1.80. The topological polar surface area (TPSA) is 40.5 Å². The van der Waals surface area contributed by atoms with E-state index in [1.165, 1.54) is 0 Å². The van der Waals surface area contributed by atoms with Crippen molar-refractivity contribution in [3.05, 3.63) is 34.3 Å². The van der Waals surface area contributed by atoms with Crippen LogP contribution in [0.3, 0.4) is 0 Å². The van der Waals surface area contributed by atoms with Crippen LogP contribution in [0.4, 0.5) is 0 Å². The van der Waals surface area contributed by atoms with E-state index in [2.05, 4.69) is 0 Å². The molecule has 1 aromatic carbocycles.